The molecule has 2 unspecified atom stereocenters. The lowest BCUT2D eigenvalue weighted by atomic mass is 10.0. The number of unbranched alkanes of at least 4 members (excludes halogenated alkanes) is 2. The van der Waals surface area contributed by atoms with Gasteiger partial charge in [0.05, 0.1) is 25.9 Å². The molecule has 2 aromatic rings. The van der Waals surface area contributed by atoms with Crippen LogP contribution < -0.4 is 10.1 Å². The molecular formula is C31H39N3O5. The number of nitrogens with one attached hydrogen (secondary N) is 1. The summed E-state index contributed by atoms with van der Waals surface area (Å²) in [6.07, 6.45) is 4.92. The molecule has 1 N–H and O–H groups in total. The van der Waals surface area contributed by atoms with Gasteiger partial charge in [0.25, 0.3) is 5.91 Å². The molecule has 0 radical (unpaired) electrons. The van der Waals surface area contributed by atoms with Crippen LogP contribution in [0.4, 0.5) is 0 Å². The van der Waals surface area contributed by atoms with Gasteiger partial charge < -0.3 is 19.3 Å². The average molecular weight is 534 g/mol. The van der Waals surface area contributed by atoms with Crippen molar-refractivity contribution in [3.05, 3.63) is 64.2 Å². The van der Waals surface area contributed by atoms with E-state index in [1.807, 2.05) is 12.1 Å². The Labute approximate surface area is 230 Å². The van der Waals surface area contributed by atoms with Crippen LogP contribution in [0.2, 0.25) is 0 Å². The molecule has 0 saturated carbocycles. The van der Waals surface area contributed by atoms with E-state index in [1.165, 1.54) is 16.7 Å². The zero-order chi connectivity index (χ0) is 27.4. The average Bonchev–Trinajstić information content (AvgIpc) is 3.48. The summed E-state index contributed by atoms with van der Waals surface area (Å²) < 4.78 is 12.2. The van der Waals surface area contributed by atoms with E-state index < -0.39 is 11.9 Å². The summed E-state index contributed by atoms with van der Waals surface area (Å²) in [5.74, 6) is -0.147. The van der Waals surface area contributed by atoms with Gasteiger partial charge in [-0.25, -0.2) is 0 Å². The Hall–Kier alpha value is -3.23. The molecular weight excluding hydrogens is 494 g/mol. The summed E-state index contributed by atoms with van der Waals surface area (Å²) in [7, 11) is 0. The maximum Gasteiger partial charge on any atom is 0.255 e. The number of hydrogen-bond acceptors (Lipinski definition) is 6. The van der Waals surface area contributed by atoms with Crippen molar-refractivity contribution < 1.29 is 23.9 Å². The minimum atomic E-state index is -0.615. The molecule has 2 atom stereocenters. The van der Waals surface area contributed by atoms with Crippen LogP contribution in [0.3, 0.4) is 0 Å². The molecule has 208 valence electrons. The third-order valence-corrected chi connectivity index (χ3v) is 8.16. The van der Waals surface area contributed by atoms with Crippen LogP contribution in [0, 0.1) is 6.92 Å². The van der Waals surface area contributed by atoms with Crippen molar-refractivity contribution in [1.82, 2.24) is 15.1 Å². The SMILES string of the molecule is CCN(CCCCCOc1cccc2c1CN(C1CCC(=O)NC1=O)C2=O)CCC1OCc2ccc(C)cc21. The lowest BCUT2D eigenvalue weighted by molar-refractivity contribution is -0.136. The first kappa shape index (κ1) is 27.3. The number of carbonyl (C=O) groups is 3. The van der Waals surface area contributed by atoms with Crippen molar-refractivity contribution in [2.24, 2.45) is 0 Å². The molecule has 39 heavy (non-hydrogen) atoms. The number of nitrogens with zero attached hydrogens (tertiary/aromatic N) is 2. The number of piperidine rings is 1. The van der Waals surface area contributed by atoms with Gasteiger partial charge in [-0.1, -0.05) is 36.8 Å². The van der Waals surface area contributed by atoms with E-state index >= 15 is 0 Å². The third-order valence-electron chi connectivity index (χ3n) is 8.16. The number of aryl methyl sites for hydroxylation is 1. The highest BCUT2D eigenvalue weighted by Crippen LogP contribution is 2.35. The van der Waals surface area contributed by atoms with Gasteiger partial charge in [-0.3, -0.25) is 19.7 Å². The van der Waals surface area contributed by atoms with Crippen molar-refractivity contribution in [3.8, 4) is 5.75 Å². The molecule has 0 aromatic heterocycles. The molecule has 1 fully saturated rings. The summed E-state index contributed by atoms with van der Waals surface area (Å²) in [5, 5.41) is 2.35. The second-order valence-corrected chi connectivity index (χ2v) is 10.8. The molecule has 8 nitrogen and oxygen atoms in total. The Bertz CT molecular complexity index is 1230. The Morgan fingerprint density at radius 2 is 1.97 bits per heavy atom. The van der Waals surface area contributed by atoms with E-state index in [9.17, 15) is 14.4 Å². The highest BCUT2D eigenvalue weighted by molar-refractivity contribution is 6.05. The van der Waals surface area contributed by atoms with Gasteiger partial charge in [-0.2, -0.15) is 0 Å². The van der Waals surface area contributed by atoms with Gasteiger partial charge >= 0.3 is 0 Å². The van der Waals surface area contributed by atoms with Crippen molar-refractivity contribution >= 4 is 17.7 Å². The van der Waals surface area contributed by atoms with Crippen LogP contribution in [0.25, 0.3) is 0 Å². The molecule has 3 aliphatic heterocycles. The van der Waals surface area contributed by atoms with E-state index in [-0.39, 0.29) is 24.3 Å². The van der Waals surface area contributed by atoms with Gasteiger partial charge in [-0.05, 0) is 75.4 Å². The molecule has 3 amide bonds. The summed E-state index contributed by atoms with van der Waals surface area (Å²) >= 11 is 0. The fourth-order valence-electron chi connectivity index (χ4n) is 5.88. The largest absolute Gasteiger partial charge is 0.493 e. The second kappa shape index (κ2) is 12.3. The van der Waals surface area contributed by atoms with Crippen molar-refractivity contribution in [2.75, 3.05) is 26.2 Å². The number of benzene rings is 2. The summed E-state index contributed by atoms with van der Waals surface area (Å²) in [4.78, 5) is 40.9. The first-order valence-electron chi connectivity index (χ1n) is 14.3. The zero-order valence-electron chi connectivity index (χ0n) is 23.0. The monoisotopic (exact) mass is 533 g/mol. The van der Waals surface area contributed by atoms with Gasteiger partial charge in [0.2, 0.25) is 11.8 Å². The normalized spacial score (nSPS) is 20.4. The molecule has 0 bridgehead atoms. The minimum Gasteiger partial charge on any atom is -0.493 e. The third kappa shape index (κ3) is 6.17. The molecule has 0 spiro atoms. The number of amides is 3. The Balaban J connectivity index is 1.04. The molecule has 8 heteroatoms. The quantitative estimate of drug-likeness (QED) is 0.324. The number of carbonyl (C=O) groups excluding carboxylic acids is 3. The summed E-state index contributed by atoms with van der Waals surface area (Å²) in [5.41, 5.74) is 5.39. The molecule has 3 heterocycles. The lowest BCUT2D eigenvalue weighted by Gasteiger charge is -2.29. The van der Waals surface area contributed by atoms with Crippen molar-refractivity contribution in [3.63, 3.8) is 0 Å². The van der Waals surface area contributed by atoms with E-state index in [2.05, 4.69) is 42.3 Å². The second-order valence-electron chi connectivity index (χ2n) is 10.8. The standard InChI is InChI=1S/C31H39N3O5/c1-3-33(16-14-28-24-18-21(2)10-11-22(24)20-39-28)15-5-4-6-17-38-27-9-7-8-23-25(27)19-34(31(23)37)26-12-13-29(35)32-30(26)36/h7-11,18,26,28H,3-6,12-17,19-20H2,1-2H3,(H,32,35,36). The van der Waals surface area contributed by atoms with Crippen LogP contribution in [-0.2, 0) is 27.5 Å². The number of imide groups is 1. The first-order chi connectivity index (χ1) is 18.9. The van der Waals surface area contributed by atoms with E-state index in [0.29, 0.717) is 30.9 Å². The molecule has 2 aromatic carbocycles. The first-order valence-corrected chi connectivity index (χ1v) is 14.3. The Kier molecular flexibility index (Phi) is 8.63. The predicted octanol–water partition coefficient (Wildman–Crippen LogP) is 4.29. The summed E-state index contributed by atoms with van der Waals surface area (Å²) in [6.45, 7) is 9.10. The van der Waals surface area contributed by atoms with Gasteiger partial charge in [0, 0.05) is 24.1 Å². The summed E-state index contributed by atoms with van der Waals surface area (Å²) in [6, 6.07) is 11.5. The van der Waals surface area contributed by atoms with E-state index in [4.69, 9.17) is 9.47 Å². The molecule has 1 saturated heterocycles. The minimum absolute atomic E-state index is 0.175. The van der Waals surface area contributed by atoms with Crippen LogP contribution in [0.1, 0.15) is 84.2 Å². The maximum atomic E-state index is 13.0. The molecule has 0 aliphatic carbocycles. The van der Waals surface area contributed by atoms with Gasteiger partial charge in [0.1, 0.15) is 11.8 Å². The number of rotatable bonds is 12. The van der Waals surface area contributed by atoms with Crippen molar-refractivity contribution in [2.45, 2.75) is 77.7 Å². The Morgan fingerprint density at radius 1 is 1.10 bits per heavy atom. The van der Waals surface area contributed by atoms with Crippen LogP contribution in [-0.4, -0.2) is 59.8 Å². The fourth-order valence-corrected chi connectivity index (χ4v) is 5.88. The van der Waals surface area contributed by atoms with Crippen LogP contribution >= 0.6 is 0 Å². The van der Waals surface area contributed by atoms with Crippen molar-refractivity contribution in [1.29, 1.82) is 0 Å². The Morgan fingerprint density at radius 3 is 2.79 bits per heavy atom. The smallest absolute Gasteiger partial charge is 0.255 e. The topological polar surface area (TPSA) is 88.2 Å². The fraction of sp³-hybridized carbons (Fsp3) is 0.516. The highest BCUT2D eigenvalue weighted by atomic mass is 16.5. The zero-order valence-corrected chi connectivity index (χ0v) is 23.0. The predicted molar refractivity (Wildman–Crippen MR) is 147 cm³/mol. The van der Waals surface area contributed by atoms with Gasteiger partial charge in [0.15, 0.2) is 0 Å². The van der Waals surface area contributed by atoms with E-state index in [1.54, 1.807) is 11.0 Å². The van der Waals surface area contributed by atoms with Crippen LogP contribution in [0.15, 0.2) is 36.4 Å². The number of fused-ring (bicyclic) bond motifs is 2. The molecule has 5 rings (SSSR count). The maximum absolute atomic E-state index is 13.0. The lowest BCUT2D eigenvalue weighted by Crippen LogP contribution is -2.52. The van der Waals surface area contributed by atoms with Gasteiger partial charge in [-0.15, -0.1) is 0 Å². The van der Waals surface area contributed by atoms with E-state index in [0.717, 1.165) is 57.5 Å². The van der Waals surface area contributed by atoms with Crippen LogP contribution in [0.5, 0.6) is 5.75 Å². The molecule has 3 aliphatic rings. The number of ether oxygens (including phenoxy) is 2. The highest BCUT2D eigenvalue weighted by Gasteiger charge is 2.40. The number of hydrogen-bond donors (Lipinski definition) is 1.